The van der Waals surface area contributed by atoms with Crippen molar-refractivity contribution in [3.63, 3.8) is 0 Å². The van der Waals surface area contributed by atoms with Gasteiger partial charge in [0.25, 0.3) is 0 Å². The number of anilines is 1. The van der Waals surface area contributed by atoms with Crippen molar-refractivity contribution in [3.8, 4) is 11.6 Å². The minimum Gasteiger partial charge on any atom is -0.430 e. The number of halogens is 1. The van der Waals surface area contributed by atoms with Crippen LogP contribution in [0, 0.1) is 17.0 Å². The Morgan fingerprint density at radius 2 is 2.11 bits per heavy atom. The molecule has 98 valence electrons. The molecule has 0 aliphatic carbocycles. The van der Waals surface area contributed by atoms with Gasteiger partial charge in [0, 0.05) is 16.1 Å². The van der Waals surface area contributed by atoms with Crippen LogP contribution < -0.4 is 10.5 Å². The van der Waals surface area contributed by atoms with Crippen LogP contribution in [-0.4, -0.2) is 14.9 Å². The Labute approximate surface area is 116 Å². The largest absolute Gasteiger partial charge is 0.430 e. The van der Waals surface area contributed by atoms with Gasteiger partial charge in [-0.25, -0.2) is 9.97 Å². The molecule has 0 aliphatic heterocycles. The third kappa shape index (κ3) is 2.97. The van der Waals surface area contributed by atoms with Crippen molar-refractivity contribution in [2.45, 2.75) is 6.92 Å². The van der Waals surface area contributed by atoms with Gasteiger partial charge >= 0.3 is 5.69 Å². The van der Waals surface area contributed by atoms with Crippen LogP contribution in [0.4, 0.5) is 11.5 Å². The fraction of sp³-hybridized carbons (Fsp3) is 0.0909. The third-order valence-corrected chi connectivity index (χ3v) is 2.73. The molecule has 2 N–H and O–H groups in total. The molecule has 0 unspecified atom stereocenters. The van der Waals surface area contributed by atoms with Crippen molar-refractivity contribution in [1.29, 1.82) is 0 Å². The average molecular weight is 325 g/mol. The van der Waals surface area contributed by atoms with Gasteiger partial charge in [-0.05, 0) is 13.0 Å². The van der Waals surface area contributed by atoms with Crippen molar-refractivity contribution in [1.82, 2.24) is 9.97 Å². The van der Waals surface area contributed by atoms with E-state index in [1.54, 1.807) is 13.0 Å². The second-order valence-electron chi connectivity index (χ2n) is 3.71. The van der Waals surface area contributed by atoms with Gasteiger partial charge < -0.3 is 10.5 Å². The van der Waals surface area contributed by atoms with Crippen LogP contribution in [-0.2, 0) is 0 Å². The van der Waals surface area contributed by atoms with Crippen LogP contribution in [0.25, 0.3) is 0 Å². The topological polar surface area (TPSA) is 104 Å². The molecule has 0 saturated carbocycles. The quantitative estimate of drug-likeness (QED) is 0.687. The zero-order valence-corrected chi connectivity index (χ0v) is 11.4. The Kier molecular flexibility index (Phi) is 3.61. The Morgan fingerprint density at radius 1 is 1.37 bits per heavy atom. The summed E-state index contributed by atoms with van der Waals surface area (Å²) in [6.45, 7) is 1.71. The highest BCUT2D eigenvalue weighted by molar-refractivity contribution is 9.10. The zero-order chi connectivity index (χ0) is 14.0. The van der Waals surface area contributed by atoms with E-state index in [-0.39, 0.29) is 23.1 Å². The van der Waals surface area contributed by atoms with Crippen molar-refractivity contribution in [2.75, 3.05) is 5.73 Å². The number of nitrogen functional groups attached to an aromatic ring is 1. The highest BCUT2D eigenvalue weighted by Gasteiger charge is 2.20. The average Bonchev–Trinajstić information content (AvgIpc) is 2.34. The summed E-state index contributed by atoms with van der Waals surface area (Å²) in [6.07, 6.45) is 2.62. The van der Waals surface area contributed by atoms with Crippen LogP contribution in [0.5, 0.6) is 11.6 Å². The minimum absolute atomic E-state index is 0.132. The van der Waals surface area contributed by atoms with Gasteiger partial charge in [-0.2, -0.15) is 0 Å². The van der Waals surface area contributed by atoms with Crippen molar-refractivity contribution >= 4 is 27.4 Å². The predicted octanol–water partition coefficient (Wildman–Crippen LogP) is 2.83. The number of hydrogen-bond acceptors (Lipinski definition) is 6. The van der Waals surface area contributed by atoms with Gasteiger partial charge in [-0.1, -0.05) is 15.9 Å². The number of hydrogen-bond donors (Lipinski definition) is 1. The molecule has 8 heteroatoms. The number of aromatic nitrogens is 2. The summed E-state index contributed by atoms with van der Waals surface area (Å²) >= 11 is 3.21. The van der Waals surface area contributed by atoms with Gasteiger partial charge in [-0.3, -0.25) is 10.1 Å². The van der Waals surface area contributed by atoms with Crippen molar-refractivity contribution < 1.29 is 9.66 Å². The number of aryl methyl sites for hydroxylation is 1. The SMILES string of the molecule is Cc1cc(Br)cc([N+](=O)[O-])c1Oc1cnc(N)cn1. The lowest BCUT2D eigenvalue weighted by Gasteiger charge is -2.08. The van der Waals surface area contributed by atoms with Crippen LogP contribution in [0.1, 0.15) is 5.56 Å². The Bertz CT molecular complexity index is 631. The van der Waals surface area contributed by atoms with Crippen LogP contribution in [0.2, 0.25) is 0 Å². The molecule has 0 aliphatic rings. The predicted molar refractivity (Wildman–Crippen MR) is 72.1 cm³/mol. The van der Waals surface area contributed by atoms with Gasteiger partial charge in [-0.15, -0.1) is 0 Å². The lowest BCUT2D eigenvalue weighted by atomic mass is 10.2. The number of nitro benzene ring substituents is 1. The van der Waals surface area contributed by atoms with E-state index >= 15 is 0 Å². The fourth-order valence-corrected chi connectivity index (χ4v) is 2.02. The van der Waals surface area contributed by atoms with Gasteiger partial charge in [0.05, 0.1) is 17.3 Å². The summed E-state index contributed by atoms with van der Waals surface area (Å²) in [5.41, 5.74) is 5.87. The Hall–Kier alpha value is -2.22. The van der Waals surface area contributed by atoms with Crippen LogP contribution >= 0.6 is 15.9 Å². The molecule has 0 bridgehead atoms. The standard InChI is InChI=1S/C11H9BrN4O3/c1-6-2-7(12)3-8(16(17)18)11(6)19-10-5-14-9(13)4-15-10/h2-5H,1H3,(H2,13,14). The summed E-state index contributed by atoms with van der Waals surface area (Å²) in [7, 11) is 0. The van der Waals surface area contributed by atoms with E-state index in [4.69, 9.17) is 10.5 Å². The second kappa shape index (κ2) is 5.19. The molecule has 1 aromatic carbocycles. The number of ether oxygens (including phenoxy) is 1. The maximum atomic E-state index is 11.0. The maximum absolute atomic E-state index is 11.0. The number of nitrogens with zero attached hydrogens (tertiary/aromatic N) is 3. The molecular weight excluding hydrogens is 316 g/mol. The summed E-state index contributed by atoms with van der Waals surface area (Å²) < 4.78 is 6.02. The highest BCUT2D eigenvalue weighted by atomic mass is 79.9. The number of rotatable bonds is 3. The number of nitro groups is 1. The lowest BCUT2D eigenvalue weighted by molar-refractivity contribution is -0.385. The first-order valence-electron chi connectivity index (χ1n) is 5.17. The fourth-order valence-electron chi connectivity index (χ4n) is 1.46. The Balaban J connectivity index is 2.44. The van der Waals surface area contributed by atoms with E-state index in [0.717, 1.165) is 0 Å². The van der Waals surface area contributed by atoms with E-state index in [2.05, 4.69) is 25.9 Å². The van der Waals surface area contributed by atoms with Gasteiger partial charge in [0.2, 0.25) is 11.6 Å². The lowest BCUT2D eigenvalue weighted by Crippen LogP contribution is -1.98. The molecule has 1 aromatic heterocycles. The molecule has 0 radical (unpaired) electrons. The Morgan fingerprint density at radius 3 is 2.68 bits per heavy atom. The molecule has 0 spiro atoms. The maximum Gasteiger partial charge on any atom is 0.313 e. The summed E-state index contributed by atoms with van der Waals surface area (Å²) in [5, 5.41) is 11.0. The molecule has 19 heavy (non-hydrogen) atoms. The minimum atomic E-state index is -0.516. The van der Waals surface area contributed by atoms with Crippen molar-refractivity contribution in [2.24, 2.45) is 0 Å². The molecule has 0 saturated heterocycles. The molecule has 2 aromatic rings. The van der Waals surface area contributed by atoms with E-state index in [0.29, 0.717) is 10.0 Å². The first-order chi connectivity index (χ1) is 8.97. The van der Waals surface area contributed by atoms with Gasteiger partial charge in [0.15, 0.2) is 0 Å². The molecule has 0 fully saturated rings. The third-order valence-electron chi connectivity index (χ3n) is 2.27. The van der Waals surface area contributed by atoms with E-state index in [1.165, 1.54) is 18.5 Å². The monoisotopic (exact) mass is 324 g/mol. The van der Waals surface area contributed by atoms with E-state index in [9.17, 15) is 10.1 Å². The highest BCUT2D eigenvalue weighted by Crippen LogP contribution is 2.36. The normalized spacial score (nSPS) is 10.2. The summed E-state index contributed by atoms with van der Waals surface area (Å²) in [4.78, 5) is 18.2. The molecule has 1 heterocycles. The van der Waals surface area contributed by atoms with E-state index in [1.807, 2.05) is 0 Å². The number of benzene rings is 1. The van der Waals surface area contributed by atoms with Gasteiger partial charge in [0.1, 0.15) is 5.82 Å². The molecule has 0 atom stereocenters. The van der Waals surface area contributed by atoms with Crippen molar-refractivity contribution in [3.05, 3.63) is 44.7 Å². The molecule has 7 nitrogen and oxygen atoms in total. The van der Waals surface area contributed by atoms with E-state index < -0.39 is 4.92 Å². The van der Waals surface area contributed by atoms with Crippen LogP contribution in [0.3, 0.4) is 0 Å². The first kappa shape index (κ1) is 13.2. The summed E-state index contributed by atoms with van der Waals surface area (Å²) in [5.74, 6) is 0.518. The molecule has 2 rings (SSSR count). The summed E-state index contributed by atoms with van der Waals surface area (Å²) in [6, 6.07) is 3.08. The zero-order valence-electron chi connectivity index (χ0n) is 9.83. The molecule has 0 amide bonds. The number of nitrogens with two attached hydrogens (primary N) is 1. The smallest absolute Gasteiger partial charge is 0.313 e. The second-order valence-corrected chi connectivity index (χ2v) is 4.63. The van der Waals surface area contributed by atoms with Crippen LogP contribution in [0.15, 0.2) is 29.0 Å². The first-order valence-corrected chi connectivity index (χ1v) is 5.96. The molecular formula is C11H9BrN4O3.